The number of rotatable bonds is 8. The molecule has 1 atom stereocenters. The van der Waals surface area contributed by atoms with Gasteiger partial charge in [-0.25, -0.2) is 4.79 Å². The van der Waals surface area contributed by atoms with Gasteiger partial charge in [-0.1, -0.05) is 25.1 Å². The Bertz CT molecular complexity index is 867. The molecule has 2 heterocycles. The molecule has 1 N–H and O–H groups in total. The largest absolute Gasteiger partial charge is 0.491 e. The molecular weight excluding hydrogens is 398 g/mol. The molecular formula is C23H31N3O3S. The Labute approximate surface area is 182 Å². The van der Waals surface area contributed by atoms with E-state index >= 15 is 0 Å². The second-order valence-corrected chi connectivity index (χ2v) is 8.48. The first kappa shape index (κ1) is 22.2. The molecule has 1 aliphatic heterocycles. The van der Waals surface area contributed by atoms with Gasteiger partial charge < -0.3 is 19.9 Å². The van der Waals surface area contributed by atoms with Gasteiger partial charge in [-0.3, -0.25) is 4.79 Å². The zero-order chi connectivity index (χ0) is 21.5. The molecule has 0 fully saturated rings. The van der Waals surface area contributed by atoms with Gasteiger partial charge in [-0.05, 0) is 55.3 Å². The van der Waals surface area contributed by atoms with Gasteiger partial charge in [0.1, 0.15) is 18.9 Å². The van der Waals surface area contributed by atoms with Crippen molar-refractivity contribution in [3.8, 4) is 5.75 Å². The molecule has 6 nitrogen and oxygen atoms in total. The number of hydrogen-bond acceptors (Lipinski definition) is 4. The van der Waals surface area contributed by atoms with Crippen LogP contribution in [0.25, 0.3) is 0 Å². The van der Waals surface area contributed by atoms with Crippen molar-refractivity contribution in [2.75, 3.05) is 32.8 Å². The molecule has 0 spiro atoms. The molecule has 1 aromatic heterocycles. The van der Waals surface area contributed by atoms with E-state index in [0.717, 1.165) is 29.7 Å². The molecule has 0 unspecified atom stereocenters. The van der Waals surface area contributed by atoms with E-state index in [1.165, 1.54) is 4.88 Å². The molecule has 7 heteroatoms. The number of fused-ring (bicyclic) bond motifs is 1. The number of likely N-dealkylation sites (N-methyl/N-ethyl adjacent to an activating group) is 1. The molecule has 2 aromatic rings. The first-order valence-corrected chi connectivity index (χ1v) is 11.5. The van der Waals surface area contributed by atoms with Gasteiger partial charge in [0.15, 0.2) is 0 Å². The standard InChI is InChI=1S/C23H31N3O3S/c1-4-12-24-23(28)25(5-2)15-22(27)26-13-10-21-18(11-14-30-21)19(26)16-29-20-9-7-6-8-17(20)3/h6-9,11,14,19H,4-5,10,12-13,15-16H2,1-3H3,(H,24,28)/t19-/m1/s1. The van der Waals surface area contributed by atoms with Crippen molar-refractivity contribution >= 4 is 23.3 Å². The van der Waals surface area contributed by atoms with Crippen LogP contribution in [0.3, 0.4) is 0 Å². The lowest BCUT2D eigenvalue weighted by molar-refractivity contribution is -0.135. The summed E-state index contributed by atoms with van der Waals surface area (Å²) in [7, 11) is 0. The molecule has 1 aromatic carbocycles. The number of thiophene rings is 1. The van der Waals surface area contributed by atoms with E-state index in [-0.39, 0.29) is 24.5 Å². The number of nitrogens with one attached hydrogen (secondary N) is 1. The Morgan fingerprint density at radius 2 is 2.07 bits per heavy atom. The van der Waals surface area contributed by atoms with Gasteiger partial charge in [0.25, 0.3) is 0 Å². The highest BCUT2D eigenvalue weighted by atomic mass is 32.1. The lowest BCUT2D eigenvalue weighted by Crippen LogP contribution is -2.49. The summed E-state index contributed by atoms with van der Waals surface area (Å²) < 4.78 is 6.13. The number of aryl methyl sites for hydroxylation is 1. The predicted molar refractivity (Wildman–Crippen MR) is 120 cm³/mol. The summed E-state index contributed by atoms with van der Waals surface area (Å²) in [4.78, 5) is 30.3. The third-order valence-electron chi connectivity index (χ3n) is 5.43. The van der Waals surface area contributed by atoms with Crippen LogP contribution in [0, 0.1) is 6.92 Å². The molecule has 30 heavy (non-hydrogen) atoms. The van der Waals surface area contributed by atoms with E-state index in [9.17, 15) is 9.59 Å². The van der Waals surface area contributed by atoms with Gasteiger partial charge in [-0.15, -0.1) is 11.3 Å². The van der Waals surface area contributed by atoms with Gasteiger partial charge in [0.2, 0.25) is 5.91 Å². The normalized spacial score (nSPS) is 15.4. The summed E-state index contributed by atoms with van der Waals surface area (Å²) in [6, 6.07) is 9.67. The van der Waals surface area contributed by atoms with E-state index in [0.29, 0.717) is 26.2 Å². The van der Waals surface area contributed by atoms with Crippen molar-refractivity contribution in [3.05, 3.63) is 51.7 Å². The molecule has 0 bridgehead atoms. The van der Waals surface area contributed by atoms with Crippen molar-refractivity contribution in [2.45, 2.75) is 39.7 Å². The van der Waals surface area contributed by atoms with Crippen LogP contribution in [0.4, 0.5) is 4.79 Å². The average Bonchev–Trinajstić information content (AvgIpc) is 3.24. The number of urea groups is 1. The highest BCUT2D eigenvalue weighted by Gasteiger charge is 2.33. The topological polar surface area (TPSA) is 61.9 Å². The van der Waals surface area contributed by atoms with Crippen LogP contribution in [0.5, 0.6) is 5.75 Å². The van der Waals surface area contributed by atoms with E-state index in [4.69, 9.17) is 4.74 Å². The number of carbonyl (C=O) groups is 2. The first-order valence-electron chi connectivity index (χ1n) is 10.6. The van der Waals surface area contributed by atoms with Crippen LogP contribution in [-0.2, 0) is 11.2 Å². The Morgan fingerprint density at radius 1 is 1.27 bits per heavy atom. The van der Waals surface area contributed by atoms with Crippen molar-refractivity contribution in [3.63, 3.8) is 0 Å². The summed E-state index contributed by atoms with van der Waals surface area (Å²) in [5.74, 6) is 0.792. The van der Waals surface area contributed by atoms with Crippen molar-refractivity contribution < 1.29 is 14.3 Å². The zero-order valence-corrected chi connectivity index (χ0v) is 18.8. The molecule has 1 aliphatic rings. The van der Waals surface area contributed by atoms with Crippen molar-refractivity contribution in [2.24, 2.45) is 0 Å². The van der Waals surface area contributed by atoms with Crippen LogP contribution in [-0.4, -0.2) is 54.5 Å². The number of amides is 3. The summed E-state index contributed by atoms with van der Waals surface area (Å²) in [5, 5.41) is 4.94. The van der Waals surface area contributed by atoms with E-state index in [1.54, 1.807) is 16.2 Å². The Hall–Kier alpha value is -2.54. The Kier molecular flexibility index (Phi) is 7.74. The van der Waals surface area contributed by atoms with E-state index < -0.39 is 0 Å². The molecule has 0 saturated heterocycles. The Balaban J connectivity index is 1.73. The highest BCUT2D eigenvalue weighted by molar-refractivity contribution is 7.10. The van der Waals surface area contributed by atoms with Gasteiger partial charge >= 0.3 is 6.03 Å². The quantitative estimate of drug-likeness (QED) is 0.690. The average molecular weight is 430 g/mol. The molecule has 0 saturated carbocycles. The van der Waals surface area contributed by atoms with Crippen molar-refractivity contribution in [1.29, 1.82) is 0 Å². The number of carbonyl (C=O) groups excluding carboxylic acids is 2. The van der Waals surface area contributed by atoms with Gasteiger partial charge in [-0.2, -0.15) is 0 Å². The smallest absolute Gasteiger partial charge is 0.317 e. The number of benzene rings is 1. The summed E-state index contributed by atoms with van der Waals surface area (Å²) in [6.45, 7) is 8.13. The lowest BCUT2D eigenvalue weighted by atomic mass is 10.0. The minimum absolute atomic E-state index is 0.0428. The van der Waals surface area contributed by atoms with E-state index in [1.807, 2.05) is 49.9 Å². The van der Waals surface area contributed by atoms with Crippen LogP contribution in [0.15, 0.2) is 35.7 Å². The van der Waals surface area contributed by atoms with Gasteiger partial charge in [0.05, 0.1) is 6.04 Å². The molecule has 3 amide bonds. The molecule has 0 radical (unpaired) electrons. The fraction of sp³-hybridized carbons (Fsp3) is 0.478. The number of hydrogen-bond donors (Lipinski definition) is 1. The third-order valence-corrected chi connectivity index (χ3v) is 6.42. The zero-order valence-electron chi connectivity index (χ0n) is 18.0. The van der Waals surface area contributed by atoms with Crippen LogP contribution in [0.2, 0.25) is 0 Å². The second kappa shape index (κ2) is 10.5. The summed E-state index contributed by atoms with van der Waals surface area (Å²) in [6.07, 6.45) is 1.70. The van der Waals surface area contributed by atoms with Crippen molar-refractivity contribution in [1.82, 2.24) is 15.1 Å². The highest BCUT2D eigenvalue weighted by Crippen LogP contribution is 2.34. The fourth-order valence-electron chi connectivity index (χ4n) is 3.69. The maximum atomic E-state index is 13.2. The lowest BCUT2D eigenvalue weighted by Gasteiger charge is -2.37. The Morgan fingerprint density at radius 3 is 2.80 bits per heavy atom. The molecule has 3 rings (SSSR count). The van der Waals surface area contributed by atoms with E-state index in [2.05, 4.69) is 16.8 Å². The molecule has 162 valence electrons. The maximum absolute atomic E-state index is 13.2. The van der Waals surface area contributed by atoms with Crippen LogP contribution in [0.1, 0.15) is 42.3 Å². The number of nitrogens with zero attached hydrogens (tertiary/aromatic N) is 2. The summed E-state index contributed by atoms with van der Waals surface area (Å²) in [5.41, 5.74) is 2.23. The number of para-hydroxylation sites is 1. The monoisotopic (exact) mass is 429 g/mol. The molecule has 0 aliphatic carbocycles. The van der Waals surface area contributed by atoms with Gasteiger partial charge in [0, 0.05) is 24.5 Å². The predicted octanol–water partition coefficient (Wildman–Crippen LogP) is 4.00. The SMILES string of the molecule is CCCNC(=O)N(CC)CC(=O)N1CCc2sccc2[C@H]1COc1ccccc1C. The minimum atomic E-state index is -0.186. The minimum Gasteiger partial charge on any atom is -0.491 e. The number of ether oxygens (including phenoxy) is 1. The second-order valence-electron chi connectivity index (χ2n) is 7.47. The van der Waals surface area contributed by atoms with Crippen LogP contribution >= 0.6 is 11.3 Å². The summed E-state index contributed by atoms with van der Waals surface area (Å²) >= 11 is 1.73. The first-order chi connectivity index (χ1) is 14.5. The third kappa shape index (κ3) is 5.14. The van der Waals surface area contributed by atoms with Crippen LogP contribution < -0.4 is 10.1 Å². The maximum Gasteiger partial charge on any atom is 0.317 e. The fourth-order valence-corrected chi connectivity index (χ4v) is 4.61.